The minimum absolute atomic E-state index is 0.00746. The second-order valence-electron chi connectivity index (χ2n) is 3.28. The summed E-state index contributed by atoms with van der Waals surface area (Å²) in [6.07, 6.45) is 0. The summed E-state index contributed by atoms with van der Waals surface area (Å²) in [6.45, 7) is 0.00746. The Bertz CT molecular complexity index is 434. The van der Waals surface area contributed by atoms with Crippen molar-refractivity contribution in [3.63, 3.8) is 0 Å². The van der Waals surface area contributed by atoms with Gasteiger partial charge in [-0.1, -0.05) is 12.2 Å². The van der Waals surface area contributed by atoms with Gasteiger partial charge >= 0.3 is 5.51 Å². The zero-order valence-electron chi connectivity index (χ0n) is 9.05. The number of hydrogen-bond acceptors (Lipinski definition) is 3. The van der Waals surface area contributed by atoms with E-state index in [-0.39, 0.29) is 34.7 Å². The fourth-order valence-corrected chi connectivity index (χ4v) is 1.73. The van der Waals surface area contributed by atoms with Gasteiger partial charge in [0, 0.05) is 17.9 Å². The van der Waals surface area contributed by atoms with Gasteiger partial charge in [-0.15, -0.1) is 0 Å². The van der Waals surface area contributed by atoms with E-state index in [1.54, 1.807) is 0 Å². The maximum absolute atomic E-state index is 13.5. The van der Waals surface area contributed by atoms with Crippen LogP contribution in [0.4, 0.5) is 23.2 Å². The summed E-state index contributed by atoms with van der Waals surface area (Å²) in [4.78, 5) is 0.0630. The average Bonchev–Trinajstić information content (AvgIpc) is 2.24. The Hall–Kier alpha value is -1.02. The van der Waals surface area contributed by atoms with E-state index in [0.717, 1.165) is 6.07 Å². The van der Waals surface area contributed by atoms with Gasteiger partial charge in [-0.3, -0.25) is 0 Å². The van der Waals surface area contributed by atoms with E-state index in [9.17, 15) is 17.6 Å². The van der Waals surface area contributed by atoms with E-state index in [2.05, 4.69) is 17.5 Å². The van der Waals surface area contributed by atoms with Crippen molar-refractivity contribution in [3.05, 3.63) is 29.6 Å². The Morgan fingerprint density at radius 3 is 2.56 bits per heavy atom. The number of thioether (sulfide) groups is 1. The zero-order chi connectivity index (χ0) is 13.8. The van der Waals surface area contributed by atoms with Crippen LogP contribution in [0.25, 0.3) is 0 Å². The molecule has 1 aromatic carbocycles. The number of nitrogens with two attached hydrogens (primary N) is 1. The molecule has 100 valence electrons. The highest BCUT2D eigenvalue weighted by Gasteiger charge is 2.27. The Morgan fingerprint density at radius 2 is 2.06 bits per heavy atom. The van der Waals surface area contributed by atoms with Crippen LogP contribution in [-0.4, -0.2) is 22.8 Å². The van der Waals surface area contributed by atoms with Crippen LogP contribution in [0.1, 0.15) is 5.56 Å². The summed E-state index contributed by atoms with van der Waals surface area (Å²) < 4.78 is 49.0. The number of anilines is 1. The highest BCUT2D eigenvalue weighted by Crippen LogP contribution is 2.29. The van der Waals surface area contributed by atoms with E-state index in [1.165, 1.54) is 12.1 Å². The third-order valence-electron chi connectivity index (χ3n) is 1.94. The van der Waals surface area contributed by atoms with Crippen molar-refractivity contribution in [1.29, 1.82) is 0 Å². The molecule has 0 aliphatic carbocycles. The van der Waals surface area contributed by atoms with Gasteiger partial charge in [0.1, 0.15) is 10.8 Å². The molecule has 0 radical (unpaired) electrons. The van der Waals surface area contributed by atoms with Crippen molar-refractivity contribution < 1.29 is 17.6 Å². The molecule has 0 unspecified atom stereocenters. The van der Waals surface area contributed by atoms with Crippen LogP contribution in [-0.2, 0) is 0 Å². The molecule has 0 atom stereocenters. The van der Waals surface area contributed by atoms with Gasteiger partial charge in [0.2, 0.25) is 0 Å². The van der Waals surface area contributed by atoms with Crippen LogP contribution in [0.15, 0.2) is 18.2 Å². The van der Waals surface area contributed by atoms with Crippen LogP contribution >= 0.6 is 24.0 Å². The molecule has 2 nitrogen and oxygen atoms in total. The lowest BCUT2D eigenvalue weighted by molar-refractivity contribution is -0.0327. The first kappa shape index (κ1) is 15.0. The van der Waals surface area contributed by atoms with Gasteiger partial charge in [0.25, 0.3) is 0 Å². The molecule has 18 heavy (non-hydrogen) atoms. The summed E-state index contributed by atoms with van der Waals surface area (Å²) in [7, 11) is 0. The fraction of sp³-hybridized carbons (Fsp3) is 0.300. The Kier molecular flexibility index (Phi) is 5.21. The smallest absolute Gasteiger partial charge is 0.389 e. The van der Waals surface area contributed by atoms with Crippen molar-refractivity contribution in [1.82, 2.24) is 0 Å². The number of alkyl halides is 3. The molecular weight excluding hydrogens is 288 g/mol. The molecule has 1 rings (SSSR count). The Labute approximate surface area is 111 Å². The lowest BCUT2D eigenvalue weighted by atomic mass is 10.2. The SMILES string of the molecule is NC(=S)c1ccc(NCCSC(F)(F)F)c(F)c1. The maximum atomic E-state index is 13.5. The molecule has 0 amide bonds. The standard InChI is InChI=1S/C10H10F4N2S2/c11-7-5-6(9(15)17)1-2-8(7)16-3-4-18-10(12,13)14/h1-2,5,16H,3-4H2,(H2,15,17). The first-order chi connectivity index (χ1) is 8.29. The van der Waals surface area contributed by atoms with Gasteiger partial charge in [-0.05, 0) is 30.0 Å². The van der Waals surface area contributed by atoms with E-state index >= 15 is 0 Å². The van der Waals surface area contributed by atoms with Gasteiger partial charge in [-0.2, -0.15) is 13.2 Å². The molecule has 0 heterocycles. The molecule has 0 saturated carbocycles. The molecule has 0 saturated heterocycles. The van der Waals surface area contributed by atoms with Crippen molar-refractivity contribution in [2.45, 2.75) is 5.51 Å². The molecule has 1 aromatic rings. The lowest BCUT2D eigenvalue weighted by Gasteiger charge is -2.09. The number of benzene rings is 1. The summed E-state index contributed by atoms with van der Waals surface area (Å²) in [6, 6.07) is 4.04. The topological polar surface area (TPSA) is 38.0 Å². The molecule has 0 fully saturated rings. The summed E-state index contributed by atoms with van der Waals surface area (Å²) in [5, 5.41) is 2.57. The maximum Gasteiger partial charge on any atom is 0.441 e. The molecular formula is C10H10F4N2S2. The molecule has 0 spiro atoms. The van der Waals surface area contributed by atoms with Gasteiger partial charge in [-0.25, -0.2) is 4.39 Å². The van der Waals surface area contributed by atoms with E-state index in [1.807, 2.05) is 0 Å². The van der Waals surface area contributed by atoms with Crippen LogP contribution in [0.2, 0.25) is 0 Å². The van der Waals surface area contributed by atoms with Crippen molar-refractivity contribution in [3.8, 4) is 0 Å². The van der Waals surface area contributed by atoms with Crippen LogP contribution in [0.3, 0.4) is 0 Å². The second-order valence-corrected chi connectivity index (χ2v) is 4.88. The van der Waals surface area contributed by atoms with Crippen LogP contribution < -0.4 is 11.1 Å². The number of nitrogens with one attached hydrogen (secondary N) is 1. The van der Waals surface area contributed by atoms with E-state index in [4.69, 9.17) is 5.73 Å². The van der Waals surface area contributed by atoms with Crippen molar-refractivity contribution in [2.75, 3.05) is 17.6 Å². The molecule has 8 heteroatoms. The minimum atomic E-state index is -4.27. The first-order valence-electron chi connectivity index (χ1n) is 4.83. The van der Waals surface area contributed by atoms with Crippen LogP contribution in [0.5, 0.6) is 0 Å². The van der Waals surface area contributed by atoms with Crippen molar-refractivity contribution >= 4 is 34.7 Å². The number of rotatable bonds is 5. The monoisotopic (exact) mass is 298 g/mol. The molecule has 3 N–H and O–H groups in total. The summed E-state index contributed by atoms with van der Waals surface area (Å²) >= 11 is 4.52. The second kappa shape index (κ2) is 6.24. The minimum Gasteiger partial charge on any atom is -0.389 e. The third-order valence-corrected chi connectivity index (χ3v) is 2.91. The molecule has 0 bridgehead atoms. The normalized spacial score (nSPS) is 11.3. The lowest BCUT2D eigenvalue weighted by Crippen LogP contribution is -2.12. The molecule has 0 aliphatic rings. The Morgan fingerprint density at radius 1 is 1.39 bits per heavy atom. The van der Waals surface area contributed by atoms with Gasteiger partial charge < -0.3 is 11.1 Å². The Balaban J connectivity index is 2.51. The van der Waals surface area contributed by atoms with Gasteiger partial charge in [0.05, 0.1) is 5.69 Å². The van der Waals surface area contributed by atoms with Crippen molar-refractivity contribution in [2.24, 2.45) is 5.73 Å². The number of halogens is 4. The highest BCUT2D eigenvalue weighted by atomic mass is 32.2. The molecule has 0 aliphatic heterocycles. The average molecular weight is 298 g/mol. The summed E-state index contributed by atoms with van der Waals surface area (Å²) in [5.74, 6) is -0.794. The number of hydrogen-bond donors (Lipinski definition) is 2. The van der Waals surface area contributed by atoms with Crippen LogP contribution in [0, 0.1) is 5.82 Å². The number of thiocarbonyl (C=S) groups is 1. The largest absolute Gasteiger partial charge is 0.441 e. The van der Waals surface area contributed by atoms with E-state index in [0.29, 0.717) is 5.56 Å². The highest BCUT2D eigenvalue weighted by molar-refractivity contribution is 8.00. The van der Waals surface area contributed by atoms with Gasteiger partial charge in [0.15, 0.2) is 0 Å². The predicted molar refractivity (Wildman–Crippen MR) is 69.3 cm³/mol. The van der Waals surface area contributed by atoms with E-state index < -0.39 is 11.3 Å². The quantitative estimate of drug-likeness (QED) is 0.497. The zero-order valence-corrected chi connectivity index (χ0v) is 10.7. The predicted octanol–water partition coefficient (Wildman–Crippen LogP) is 3.12. The third kappa shape index (κ3) is 5.09. The molecule has 0 aromatic heterocycles. The first-order valence-corrected chi connectivity index (χ1v) is 6.23. The summed E-state index contributed by atoms with van der Waals surface area (Å²) in [5.41, 5.74) is 1.55. The fourth-order valence-electron chi connectivity index (χ4n) is 1.16.